The maximum atomic E-state index is 11.8. The van der Waals surface area contributed by atoms with Gasteiger partial charge in [0.2, 0.25) is 0 Å². The number of methoxy groups -OCH3 is 1. The Morgan fingerprint density at radius 1 is 1.11 bits per heavy atom. The molecule has 10 nitrogen and oxygen atoms in total. The van der Waals surface area contributed by atoms with E-state index in [1.165, 1.54) is 19.2 Å². The van der Waals surface area contributed by atoms with E-state index in [0.29, 0.717) is 47.0 Å². The van der Waals surface area contributed by atoms with E-state index in [1.54, 1.807) is 12.1 Å². The second kappa shape index (κ2) is 12.0. The monoisotopic (exact) mass is 519 g/mol. The first-order chi connectivity index (χ1) is 18.0. The molecule has 0 N–H and O–H groups in total. The molecule has 1 heterocycles. The topological polar surface area (TPSA) is 120 Å². The zero-order valence-electron chi connectivity index (χ0n) is 20.4. The summed E-state index contributed by atoms with van der Waals surface area (Å²) in [6, 6.07) is 20.0. The lowest BCUT2D eigenvalue weighted by molar-refractivity contribution is -0.384. The smallest absolute Gasteiger partial charge is 0.307 e. The van der Waals surface area contributed by atoms with Crippen LogP contribution in [-0.2, 0) is 16.1 Å². The van der Waals surface area contributed by atoms with E-state index >= 15 is 0 Å². The molecular weight excluding hydrogens is 494 g/mol. The fraction of sp³-hybridized carbons (Fsp3) is 0.231. The van der Waals surface area contributed by atoms with Crippen molar-refractivity contribution in [1.82, 2.24) is 4.37 Å². The number of benzene rings is 3. The number of rotatable bonds is 11. The van der Waals surface area contributed by atoms with Gasteiger partial charge in [-0.15, -0.1) is 10.2 Å². The Labute approximate surface area is 217 Å². The predicted molar refractivity (Wildman–Crippen MR) is 142 cm³/mol. The van der Waals surface area contributed by atoms with E-state index < -0.39 is 4.92 Å². The molecule has 37 heavy (non-hydrogen) atoms. The number of nitrogens with zero attached hydrogens (tertiary/aromatic N) is 5. The van der Waals surface area contributed by atoms with Crippen LogP contribution in [0.3, 0.4) is 0 Å². The van der Waals surface area contributed by atoms with Crippen molar-refractivity contribution in [2.24, 2.45) is 10.2 Å². The molecule has 0 fully saturated rings. The highest BCUT2D eigenvalue weighted by Crippen LogP contribution is 2.37. The van der Waals surface area contributed by atoms with Gasteiger partial charge >= 0.3 is 5.97 Å². The quantitative estimate of drug-likeness (QED) is 0.0949. The standard InChI is InChI=1S/C26H25N5O5S/c1-3-36-24-16-19(30(14-13-25(32)35-2)17-18-7-5-4-6-8-18)9-12-23(24)27-28-26-21-15-20(31(33)34)10-11-22(21)29-37-26/h4-12,15-16H,3,13-14,17H2,1-2H3. The van der Waals surface area contributed by atoms with Crippen molar-refractivity contribution in [2.45, 2.75) is 19.9 Å². The van der Waals surface area contributed by atoms with Gasteiger partial charge in [-0.25, -0.2) is 0 Å². The first kappa shape index (κ1) is 25.7. The zero-order chi connectivity index (χ0) is 26.2. The van der Waals surface area contributed by atoms with Crippen LogP contribution in [0.4, 0.5) is 22.1 Å². The van der Waals surface area contributed by atoms with Crippen molar-refractivity contribution in [3.05, 3.63) is 82.4 Å². The molecule has 0 saturated heterocycles. The molecule has 0 unspecified atom stereocenters. The highest BCUT2D eigenvalue weighted by Gasteiger charge is 2.15. The zero-order valence-corrected chi connectivity index (χ0v) is 21.2. The maximum absolute atomic E-state index is 11.8. The molecule has 0 aliphatic heterocycles. The number of ether oxygens (including phenoxy) is 2. The second-order valence-electron chi connectivity index (χ2n) is 7.96. The Hall–Kier alpha value is -4.38. The van der Waals surface area contributed by atoms with Gasteiger partial charge < -0.3 is 14.4 Å². The number of nitro groups is 1. The predicted octanol–water partition coefficient (Wildman–Crippen LogP) is 6.59. The fourth-order valence-electron chi connectivity index (χ4n) is 3.69. The van der Waals surface area contributed by atoms with Crippen LogP contribution >= 0.6 is 11.5 Å². The van der Waals surface area contributed by atoms with Crippen molar-refractivity contribution in [3.63, 3.8) is 0 Å². The first-order valence-corrected chi connectivity index (χ1v) is 12.3. The van der Waals surface area contributed by atoms with Crippen molar-refractivity contribution in [3.8, 4) is 5.75 Å². The number of fused-ring (bicyclic) bond motifs is 1. The highest BCUT2D eigenvalue weighted by atomic mass is 32.1. The van der Waals surface area contributed by atoms with Gasteiger partial charge in [-0.05, 0) is 42.2 Å². The molecule has 0 amide bonds. The molecule has 0 spiro atoms. The van der Waals surface area contributed by atoms with Crippen LogP contribution in [-0.4, -0.2) is 35.5 Å². The van der Waals surface area contributed by atoms with Gasteiger partial charge in [0.25, 0.3) is 5.69 Å². The summed E-state index contributed by atoms with van der Waals surface area (Å²) in [4.78, 5) is 24.6. The number of carbonyl (C=O) groups is 1. The largest absolute Gasteiger partial charge is 0.491 e. The molecule has 190 valence electrons. The van der Waals surface area contributed by atoms with Crippen LogP contribution in [0.1, 0.15) is 18.9 Å². The molecule has 0 aliphatic rings. The summed E-state index contributed by atoms with van der Waals surface area (Å²) in [5, 5.41) is 20.9. The Morgan fingerprint density at radius 3 is 2.65 bits per heavy atom. The molecule has 4 aromatic rings. The average Bonchev–Trinajstić information content (AvgIpc) is 3.33. The van der Waals surface area contributed by atoms with E-state index in [0.717, 1.165) is 22.8 Å². The van der Waals surface area contributed by atoms with Gasteiger partial charge in [-0.3, -0.25) is 14.9 Å². The Morgan fingerprint density at radius 2 is 1.92 bits per heavy atom. The minimum absolute atomic E-state index is 0.0334. The maximum Gasteiger partial charge on any atom is 0.307 e. The van der Waals surface area contributed by atoms with E-state index in [9.17, 15) is 14.9 Å². The molecule has 3 aromatic carbocycles. The van der Waals surface area contributed by atoms with E-state index in [1.807, 2.05) is 49.4 Å². The number of esters is 1. The number of azo groups is 1. The van der Waals surface area contributed by atoms with Crippen LogP contribution in [0.25, 0.3) is 10.9 Å². The molecule has 0 aliphatic carbocycles. The molecule has 0 bridgehead atoms. The Balaban J connectivity index is 1.64. The van der Waals surface area contributed by atoms with Crippen molar-refractivity contribution < 1.29 is 19.2 Å². The molecule has 4 rings (SSSR count). The summed E-state index contributed by atoms with van der Waals surface area (Å²) in [6.07, 6.45) is 0.235. The minimum Gasteiger partial charge on any atom is -0.491 e. The summed E-state index contributed by atoms with van der Waals surface area (Å²) in [6.45, 7) is 3.35. The number of aromatic nitrogens is 1. The van der Waals surface area contributed by atoms with Crippen LogP contribution in [0.5, 0.6) is 5.75 Å². The Kier molecular flexibility index (Phi) is 8.37. The lowest BCUT2D eigenvalue weighted by atomic mass is 10.1. The number of hydrogen-bond acceptors (Lipinski definition) is 10. The number of carbonyl (C=O) groups excluding carboxylic acids is 1. The summed E-state index contributed by atoms with van der Waals surface area (Å²) >= 11 is 1.12. The van der Waals surface area contributed by atoms with E-state index in [-0.39, 0.29) is 18.1 Å². The summed E-state index contributed by atoms with van der Waals surface area (Å²) in [5.41, 5.74) is 3.04. The van der Waals surface area contributed by atoms with Crippen LogP contribution < -0.4 is 9.64 Å². The van der Waals surface area contributed by atoms with E-state index in [2.05, 4.69) is 19.5 Å². The Bertz CT molecular complexity index is 1420. The van der Waals surface area contributed by atoms with Crippen LogP contribution in [0.15, 0.2) is 77.0 Å². The molecule has 0 atom stereocenters. The third kappa shape index (κ3) is 6.44. The molecule has 0 radical (unpaired) electrons. The van der Waals surface area contributed by atoms with Crippen molar-refractivity contribution in [1.29, 1.82) is 0 Å². The highest BCUT2D eigenvalue weighted by molar-refractivity contribution is 7.11. The minimum atomic E-state index is -0.453. The van der Waals surface area contributed by atoms with Gasteiger partial charge in [0.05, 0.1) is 30.6 Å². The fourth-order valence-corrected chi connectivity index (χ4v) is 4.37. The molecule has 0 saturated carbocycles. The summed E-state index contributed by atoms with van der Waals surface area (Å²) in [5.74, 6) is 0.241. The third-order valence-corrected chi connectivity index (χ3v) is 6.30. The van der Waals surface area contributed by atoms with E-state index in [4.69, 9.17) is 9.47 Å². The molecular formula is C26H25N5O5S. The van der Waals surface area contributed by atoms with Gasteiger partial charge in [-0.1, -0.05) is 30.3 Å². The number of non-ortho nitro benzene ring substituents is 1. The van der Waals surface area contributed by atoms with Gasteiger partial charge in [0, 0.05) is 42.4 Å². The third-order valence-electron chi connectivity index (χ3n) is 5.54. The van der Waals surface area contributed by atoms with Crippen molar-refractivity contribution >= 4 is 50.5 Å². The summed E-state index contributed by atoms with van der Waals surface area (Å²) < 4.78 is 15.0. The van der Waals surface area contributed by atoms with Crippen LogP contribution in [0.2, 0.25) is 0 Å². The lowest BCUT2D eigenvalue weighted by Gasteiger charge is -2.25. The normalized spacial score (nSPS) is 11.1. The second-order valence-corrected chi connectivity index (χ2v) is 8.72. The SMILES string of the molecule is CCOc1cc(N(CCC(=O)OC)Cc2ccccc2)ccc1N=Nc1snc2ccc([N+](=O)[O-])cc12. The van der Waals surface area contributed by atoms with Crippen molar-refractivity contribution in [2.75, 3.05) is 25.2 Å². The van der Waals surface area contributed by atoms with Crippen LogP contribution in [0, 0.1) is 10.1 Å². The van der Waals surface area contributed by atoms with Gasteiger partial charge in [0.1, 0.15) is 11.4 Å². The average molecular weight is 520 g/mol. The number of anilines is 1. The first-order valence-electron chi connectivity index (χ1n) is 11.6. The molecule has 1 aromatic heterocycles. The number of nitro benzene ring substituents is 1. The molecule has 11 heteroatoms. The van der Waals surface area contributed by atoms with Gasteiger partial charge in [0.15, 0.2) is 5.00 Å². The van der Waals surface area contributed by atoms with Gasteiger partial charge in [-0.2, -0.15) is 4.37 Å². The summed E-state index contributed by atoms with van der Waals surface area (Å²) in [7, 11) is 1.38. The lowest BCUT2D eigenvalue weighted by Crippen LogP contribution is -2.26. The number of hydrogen-bond donors (Lipinski definition) is 0.